The number of carbonyl (C=O) groups excluding carboxylic acids is 2. The maximum Gasteiger partial charge on any atom is 0.236 e. The lowest BCUT2D eigenvalue weighted by atomic mass is 9.92. The lowest BCUT2D eigenvalue weighted by Gasteiger charge is -2.35. The van der Waals surface area contributed by atoms with Gasteiger partial charge in [-0.3, -0.25) is 14.5 Å². The van der Waals surface area contributed by atoms with E-state index in [0.717, 1.165) is 4.90 Å². The van der Waals surface area contributed by atoms with E-state index in [0.29, 0.717) is 0 Å². The Hall–Kier alpha value is -1.89. The Bertz CT molecular complexity index is 519. The molecule has 8 heteroatoms. The first-order chi connectivity index (χ1) is 9.43. The molecule has 1 N–H and O–H groups in total. The minimum Gasteiger partial charge on any atom is -0.390 e. The topological polar surface area (TPSA) is 116 Å². The van der Waals surface area contributed by atoms with Gasteiger partial charge in [-0.2, -0.15) is 0 Å². The van der Waals surface area contributed by atoms with Crippen molar-refractivity contribution in [2.45, 2.75) is 44.2 Å². The molecule has 0 bridgehead atoms. The molecule has 0 spiro atoms. The third kappa shape index (κ3) is 2.10. The van der Waals surface area contributed by atoms with Gasteiger partial charge in [-0.25, -0.2) is 0 Å². The molecule has 0 unspecified atom stereocenters. The van der Waals surface area contributed by atoms with E-state index in [-0.39, 0.29) is 19.1 Å². The average Bonchev–Trinajstić information content (AvgIpc) is 2.63. The van der Waals surface area contributed by atoms with Crippen molar-refractivity contribution in [1.82, 2.24) is 4.90 Å². The molecule has 2 aliphatic rings. The van der Waals surface area contributed by atoms with Gasteiger partial charge in [0, 0.05) is 12.5 Å². The van der Waals surface area contributed by atoms with Gasteiger partial charge in [0.15, 0.2) is 12.0 Å². The Morgan fingerprint density at radius 2 is 2.47 bits per heavy atom. The summed E-state index contributed by atoms with van der Waals surface area (Å²) in [6.45, 7) is 1.22. The average molecular weight is 268 g/mol. The van der Waals surface area contributed by atoms with Crippen molar-refractivity contribution in [2.75, 3.05) is 0 Å². The van der Waals surface area contributed by atoms with Crippen LogP contribution in [-0.4, -0.2) is 45.7 Å². The number of hydrogen-bond acceptors (Lipinski definition) is 5. The van der Waals surface area contributed by atoms with Gasteiger partial charge in [0.25, 0.3) is 0 Å². The highest BCUT2D eigenvalue weighted by Crippen LogP contribution is 2.37. The zero-order valence-electron chi connectivity index (χ0n) is 11.3. The number of rotatable bonds is 2. The summed E-state index contributed by atoms with van der Waals surface area (Å²) < 4.78 is 12.8. The summed E-state index contributed by atoms with van der Waals surface area (Å²) in [6.07, 6.45) is -0.940. The predicted octanol–water partition coefficient (Wildman–Crippen LogP) is 0.476. The molecule has 2 heterocycles. The SMILES string of the molecule is [3H]C[C@H]1O[C@@H](N2C=CC(=O)CC2=O)[C@](C)(N=[N+]=[N-])[C@@H]1O. The van der Waals surface area contributed by atoms with Crippen molar-refractivity contribution >= 4 is 11.7 Å². The first-order valence-electron chi connectivity index (χ1n) is 6.36. The minimum atomic E-state index is -1.42. The Morgan fingerprint density at radius 1 is 1.74 bits per heavy atom. The van der Waals surface area contributed by atoms with Crippen LogP contribution in [0.15, 0.2) is 17.4 Å². The monoisotopic (exact) mass is 268 g/mol. The van der Waals surface area contributed by atoms with E-state index in [2.05, 4.69) is 10.0 Å². The Kier molecular flexibility index (Phi) is 2.98. The molecule has 2 rings (SSSR count). The van der Waals surface area contributed by atoms with Gasteiger partial charge in [-0.1, -0.05) is 5.11 Å². The first kappa shape index (κ1) is 12.2. The van der Waals surface area contributed by atoms with Crippen LogP contribution < -0.4 is 0 Å². The smallest absolute Gasteiger partial charge is 0.236 e. The molecule has 2 aliphatic heterocycles. The Morgan fingerprint density at radius 3 is 3.05 bits per heavy atom. The highest BCUT2D eigenvalue weighted by atomic mass is 16.5. The van der Waals surface area contributed by atoms with Crippen molar-refractivity contribution in [3.8, 4) is 0 Å². The van der Waals surface area contributed by atoms with E-state index in [1.54, 1.807) is 0 Å². The van der Waals surface area contributed by atoms with E-state index < -0.39 is 29.9 Å². The lowest BCUT2D eigenvalue weighted by molar-refractivity contribution is -0.145. The zero-order chi connectivity index (χ0) is 14.9. The molecule has 0 aromatic rings. The second-order valence-corrected chi connectivity index (χ2v) is 4.65. The molecule has 1 fully saturated rings. The van der Waals surface area contributed by atoms with Crippen LogP contribution in [0.1, 0.15) is 21.6 Å². The van der Waals surface area contributed by atoms with Crippen LogP contribution in [0.4, 0.5) is 0 Å². The summed E-state index contributed by atoms with van der Waals surface area (Å²) in [6, 6.07) is 0. The van der Waals surface area contributed by atoms with Crippen LogP contribution in [0, 0.1) is 0 Å². The van der Waals surface area contributed by atoms with E-state index in [1.807, 2.05) is 0 Å². The van der Waals surface area contributed by atoms with Gasteiger partial charge < -0.3 is 9.84 Å². The molecule has 1 saturated heterocycles. The van der Waals surface area contributed by atoms with Crippen LogP contribution in [0.25, 0.3) is 10.4 Å². The fourth-order valence-corrected chi connectivity index (χ4v) is 2.21. The molecule has 0 aromatic heterocycles. The maximum atomic E-state index is 11.9. The summed E-state index contributed by atoms with van der Waals surface area (Å²) in [5, 5.41) is 13.7. The van der Waals surface area contributed by atoms with Crippen molar-refractivity contribution in [1.29, 1.82) is 0 Å². The highest BCUT2D eigenvalue weighted by Gasteiger charge is 2.54. The third-order valence-corrected chi connectivity index (χ3v) is 3.30. The van der Waals surface area contributed by atoms with E-state index in [4.69, 9.17) is 11.6 Å². The number of azide groups is 1. The van der Waals surface area contributed by atoms with Gasteiger partial charge in [0.2, 0.25) is 5.91 Å². The maximum absolute atomic E-state index is 11.9. The zero-order valence-corrected chi connectivity index (χ0v) is 10.3. The summed E-state index contributed by atoms with van der Waals surface area (Å²) in [7, 11) is 0. The molecule has 19 heavy (non-hydrogen) atoms. The van der Waals surface area contributed by atoms with Crippen LogP contribution in [0.3, 0.4) is 0 Å². The normalized spacial score (nSPS) is 39.2. The molecule has 0 radical (unpaired) electrons. The number of aliphatic hydroxyl groups is 1. The number of ether oxygens (including phenoxy) is 1. The van der Waals surface area contributed by atoms with Crippen molar-refractivity contribution in [3.05, 3.63) is 22.7 Å². The largest absolute Gasteiger partial charge is 0.390 e. The van der Waals surface area contributed by atoms with Gasteiger partial charge in [-0.05, 0) is 25.4 Å². The second-order valence-electron chi connectivity index (χ2n) is 4.65. The van der Waals surface area contributed by atoms with E-state index in [1.165, 1.54) is 19.2 Å². The quantitative estimate of drug-likeness (QED) is 0.339. The van der Waals surface area contributed by atoms with Gasteiger partial charge in [0.05, 0.1) is 18.6 Å². The Labute approximate surface area is 110 Å². The number of nitrogens with zero attached hydrogens (tertiary/aromatic N) is 4. The molecule has 0 saturated carbocycles. The molecule has 1 amide bonds. The van der Waals surface area contributed by atoms with E-state index in [9.17, 15) is 14.7 Å². The number of aliphatic hydroxyl groups excluding tert-OH is 1. The highest BCUT2D eigenvalue weighted by molar-refractivity contribution is 6.06. The fraction of sp³-hybridized carbons (Fsp3) is 0.636. The van der Waals surface area contributed by atoms with Crippen LogP contribution in [0.5, 0.6) is 0 Å². The van der Waals surface area contributed by atoms with Crippen molar-refractivity contribution < 1.29 is 20.8 Å². The number of carbonyl (C=O) groups is 2. The van der Waals surface area contributed by atoms with Gasteiger partial charge in [0.1, 0.15) is 5.54 Å². The summed E-state index contributed by atoms with van der Waals surface area (Å²) in [5.41, 5.74) is 7.25. The summed E-state index contributed by atoms with van der Waals surface area (Å²) in [4.78, 5) is 26.9. The van der Waals surface area contributed by atoms with Gasteiger partial charge >= 0.3 is 0 Å². The number of allylic oxidation sites excluding steroid dienone is 1. The number of amides is 1. The predicted molar refractivity (Wildman–Crippen MR) is 63.5 cm³/mol. The number of hydrogen-bond donors (Lipinski definition) is 1. The van der Waals surface area contributed by atoms with Crippen molar-refractivity contribution in [2.24, 2.45) is 5.11 Å². The molecular formula is C11H14N4O4. The first-order valence-corrected chi connectivity index (χ1v) is 5.65. The molecule has 0 aromatic carbocycles. The van der Waals surface area contributed by atoms with Crippen LogP contribution in [-0.2, 0) is 14.3 Å². The molecule has 0 aliphatic carbocycles. The second kappa shape index (κ2) is 4.65. The summed E-state index contributed by atoms with van der Waals surface area (Å²) in [5.74, 6) is -0.827. The van der Waals surface area contributed by atoms with Crippen molar-refractivity contribution in [3.63, 3.8) is 0 Å². The lowest BCUT2D eigenvalue weighted by Crippen LogP contribution is -2.52. The Balaban J connectivity index is 2.38. The standard InChI is InChI=1S/C11H14N4O4/c1-6-9(18)11(2,13-14-12)10(19-6)15-4-3-7(16)5-8(15)17/h3-4,6,9-10,18H,5H2,1-2H3/t6-,9-,10-,11-/m1/s1/i1T. The molecule has 8 nitrogen and oxygen atoms in total. The van der Waals surface area contributed by atoms with Gasteiger partial charge in [-0.15, -0.1) is 0 Å². The number of ketones is 1. The molecular weight excluding hydrogens is 252 g/mol. The fourth-order valence-electron chi connectivity index (χ4n) is 2.21. The summed E-state index contributed by atoms with van der Waals surface area (Å²) >= 11 is 0. The minimum absolute atomic E-state index is 0.237. The third-order valence-electron chi connectivity index (χ3n) is 3.30. The van der Waals surface area contributed by atoms with Crippen LogP contribution in [0.2, 0.25) is 0 Å². The van der Waals surface area contributed by atoms with Crippen LogP contribution >= 0.6 is 0 Å². The van der Waals surface area contributed by atoms with E-state index >= 15 is 0 Å². The molecule has 102 valence electrons. The molecule has 4 atom stereocenters.